The standard InChI is InChI=1S/C15H21NO2/c1-12(17)16-10-5-11-18-15-9-4-7-13-6-2-3-8-14(13)15/h2-3,6,8,15H,4-5,7,9-11H2,1H3,(H,16,17). The number of carbonyl (C=O) groups excluding carboxylic acids is 1. The normalized spacial score (nSPS) is 18.2. The molecule has 0 saturated carbocycles. The van der Waals surface area contributed by atoms with Crippen molar-refractivity contribution in [3.05, 3.63) is 35.4 Å². The number of aryl methyl sites for hydroxylation is 1. The Kier molecular flexibility index (Phi) is 4.76. The van der Waals surface area contributed by atoms with Crippen LogP contribution in [0.3, 0.4) is 0 Å². The first kappa shape index (κ1) is 13.1. The smallest absolute Gasteiger partial charge is 0.216 e. The number of ether oxygens (including phenoxy) is 1. The highest BCUT2D eigenvalue weighted by atomic mass is 16.5. The summed E-state index contributed by atoms with van der Waals surface area (Å²) in [6, 6.07) is 8.55. The second-order valence-electron chi connectivity index (χ2n) is 4.79. The van der Waals surface area contributed by atoms with Gasteiger partial charge in [-0.1, -0.05) is 24.3 Å². The Balaban J connectivity index is 1.79. The quantitative estimate of drug-likeness (QED) is 0.812. The zero-order valence-corrected chi connectivity index (χ0v) is 10.9. The Labute approximate surface area is 109 Å². The van der Waals surface area contributed by atoms with E-state index in [0.717, 1.165) is 12.8 Å². The maximum Gasteiger partial charge on any atom is 0.216 e. The Hall–Kier alpha value is -1.35. The Bertz CT molecular complexity index is 403. The molecule has 2 rings (SSSR count). The Morgan fingerprint density at radius 1 is 1.44 bits per heavy atom. The molecule has 0 heterocycles. The van der Waals surface area contributed by atoms with Crippen molar-refractivity contribution < 1.29 is 9.53 Å². The maximum absolute atomic E-state index is 10.7. The number of rotatable bonds is 5. The highest BCUT2D eigenvalue weighted by molar-refractivity contribution is 5.72. The fourth-order valence-electron chi connectivity index (χ4n) is 2.44. The van der Waals surface area contributed by atoms with Gasteiger partial charge < -0.3 is 10.1 Å². The van der Waals surface area contributed by atoms with Gasteiger partial charge in [-0.15, -0.1) is 0 Å². The lowest BCUT2D eigenvalue weighted by molar-refractivity contribution is -0.119. The molecule has 0 fully saturated rings. The molecule has 0 saturated heterocycles. The summed E-state index contributed by atoms with van der Waals surface area (Å²) >= 11 is 0. The second-order valence-corrected chi connectivity index (χ2v) is 4.79. The number of amides is 1. The van der Waals surface area contributed by atoms with Crippen molar-refractivity contribution in [1.82, 2.24) is 5.32 Å². The molecule has 0 radical (unpaired) electrons. The minimum Gasteiger partial charge on any atom is -0.373 e. The lowest BCUT2D eigenvalue weighted by Crippen LogP contribution is -2.22. The summed E-state index contributed by atoms with van der Waals surface area (Å²) in [5.41, 5.74) is 2.78. The van der Waals surface area contributed by atoms with E-state index in [-0.39, 0.29) is 12.0 Å². The molecule has 1 aromatic rings. The molecular weight excluding hydrogens is 226 g/mol. The molecule has 0 spiro atoms. The van der Waals surface area contributed by atoms with Crippen LogP contribution in [-0.2, 0) is 16.0 Å². The molecule has 3 heteroatoms. The van der Waals surface area contributed by atoms with E-state index in [4.69, 9.17) is 4.74 Å². The van der Waals surface area contributed by atoms with Crippen LogP contribution < -0.4 is 5.32 Å². The summed E-state index contributed by atoms with van der Waals surface area (Å²) in [5, 5.41) is 2.78. The molecule has 0 bridgehead atoms. The number of fused-ring (bicyclic) bond motifs is 1. The number of carbonyl (C=O) groups is 1. The number of benzene rings is 1. The van der Waals surface area contributed by atoms with Crippen molar-refractivity contribution in [3.63, 3.8) is 0 Å². The molecule has 18 heavy (non-hydrogen) atoms. The van der Waals surface area contributed by atoms with Crippen LogP contribution in [0.5, 0.6) is 0 Å². The SMILES string of the molecule is CC(=O)NCCCOC1CCCc2ccccc21. The number of nitrogens with one attached hydrogen (secondary N) is 1. The molecule has 1 unspecified atom stereocenters. The minimum atomic E-state index is 0.0259. The van der Waals surface area contributed by atoms with Crippen LogP contribution in [0.2, 0.25) is 0 Å². The summed E-state index contributed by atoms with van der Waals surface area (Å²) < 4.78 is 5.94. The van der Waals surface area contributed by atoms with Gasteiger partial charge in [-0.05, 0) is 36.8 Å². The van der Waals surface area contributed by atoms with Gasteiger partial charge in [0.25, 0.3) is 0 Å². The molecule has 1 atom stereocenters. The Morgan fingerprint density at radius 3 is 3.11 bits per heavy atom. The minimum absolute atomic E-state index is 0.0259. The topological polar surface area (TPSA) is 38.3 Å². The predicted molar refractivity (Wildman–Crippen MR) is 71.4 cm³/mol. The lowest BCUT2D eigenvalue weighted by atomic mass is 9.89. The average molecular weight is 247 g/mol. The molecule has 1 aliphatic rings. The first-order chi connectivity index (χ1) is 8.77. The molecule has 1 N–H and O–H groups in total. The van der Waals surface area contributed by atoms with E-state index >= 15 is 0 Å². The summed E-state index contributed by atoms with van der Waals surface area (Å²) in [4.78, 5) is 10.7. The largest absolute Gasteiger partial charge is 0.373 e. The van der Waals surface area contributed by atoms with Gasteiger partial charge >= 0.3 is 0 Å². The van der Waals surface area contributed by atoms with Crippen molar-refractivity contribution >= 4 is 5.91 Å². The molecule has 1 amide bonds. The fraction of sp³-hybridized carbons (Fsp3) is 0.533. The average Bonchev–Trinajstić information content (AvgIpc) is 2.38. The molecule has 0 aliphatic heterocycles. The van der Waals surface area contributed by atoms with Gasteiger partial charge in [0.2, 0.25) is 5.91 Å². The Morgan fingerprint density at radius 2 is 2.28 bits per heavy atom. The summed E-state index contributed by atoms with van der Waals surface area (Å²) in [7, 11) is 0. The first-order valence-electron chi connectivity index (χ1n) is 6.71. The second kappa shape index (κ2) is 6.55. The van der Waals surface area contributed by atoms with E-state index in [0.29, 0.717) is 13.2 Å². The number of hydrogen-bond donors (Lipinski definition) is 1. The summed E-state index contributed by atoms with van der Waals surface area (Å²) in [6.45, 7) is 2.95. The monoisotopic (exact) mass is 247 g/mol. The first-order valence-corrected chi connectivity index (χ1v) is 6.71. The zero-order valence-electron chi connectivity index (χ0n) is 10.9. The van der Waals surface area contributed by atoms with Crippen LogP contribution in [0.25, 0.3) is 0 Å². The molecule has 3 nitrogen and oxygen atoms in total. The summed E-state index contributed by atoms with van der Waals surface area (Å²) in [5.74, 6) is 0.0259. The molecular formula is C15H21NO2. The van der Waals surface area contributed by atoms with Gasteiger partial charge in [0, 0.05) is 20.1 Å². The molecule has 1 aromatic carbocycles. The fourth-order valence-corrected chi connectivity index (χ4v) is 2.44. The van der Waals surface area contributed by atoms with Gasteiger partial charge in [0.05, 0.1) is 6.10 Å². The van der Waals surface area contributed by atoms with Crippen molar-refractivity contribution in [2.24, 2.45) is 0 Å². The third-order valence-corrected chi connectivity index (χ3v) is 3.33. The third kappa shape index (κ3) is 3.57. The van der Waals surface area contributed by atoms with E-state index in [9.17, 15) is 4.79 Å². The van der Waals surface area contributed by atoms with Gasteiger partial charge in [0.1, 0.15) is 0 Å². The van der Waals surface area contributed by atoms with E-state index in [1.54, 1.807) is 0 Å². The van der Waals surface area contributed by atoms with Gasteiger partial charge in [0.15, 0.2) is 0 Å². The highest BCUT2D eigenvalue weighted by Crippen LogP contribution is 2.32. The highest BCUT2D eigenvalue weighted by Gasteiger charge is 2.19. The van der Waals surface area contributed by atoms with Gasteiger partial charge in [-0.3, -0.25) is 4.79 Å². The predicted octanol–water partition coefficient (Wildman–Crippen LogP) is 2.61. The van der Waals surface area contributed by atoms with Crippen LogP contribution in [0.4, 0.5) is 0 Å². The van der Waals surface area contributed by atoms with Gasteiger partial charge in [-0.25, -0.2) is 0 Å². The van der Waals surface area contributed by atoms with E-state index in [2.05, 4.69) is 29.6 Å². The molecule has 1 aliphatic carbocycles. The van der Waals surface area contributed by atoms with Crippen molar-refractivity contribution in [2.75, 3.05) is 13.2 Å². The van der Waals surface area contributed by atoms with Crippen molar-refractivity contribution in [2.45, 2.75) is 38.7 Å². The van der Waals surface area contributed by atoms with Gasteiger partial charge in [-0.2, -0.15) is 0 Å². The van der Waals surface area contributed by atoms with Crippen LogP contribution in [-0.4, -0.2) is 19.1 Å². The van der Waals surface area contributed by atoms with E-state index in [1.807, 2.05) is 0 Å². The van der Waals surface area contributed by atoms with Crippen molar-refractivity contribution in [1.29, 1.82) is 0 Å². The van der Waals surface area contributed by atoms with E-state index in [1.165, 1.54) is 30.9 Å². The van der Waals surface area contributed by atoms with E-state index < -0.39 is 0 Å². The lowest BCUT2D eigenvalue weighted by Gasteiger charge is -2.25. The summed E-state index contributed by atoms with van der Waals surface area (Å²) in [6.07, 6.45) is 4.59. The van der Waals surface area contributed by atoms with Crippen LogP contribution in [0.15, 0.2) is 24.3 Å². The zero-order chi connectivity index (χ0) is 12.8. The third-order valence-electron chi connectivity index (χ3n) is 3.33. The van der Waals surface area contributed by atoms with Crippen molar-refractivity contribution in [3.8, 4) is 0 Å². The molecule has 98 valence electrons. The van der Waals surface area contributed by atoms with Crippen LogP contribution >= 0.6 is 0 Å². The number of hydrogen-bond acceptors (Lipinski definition) is 2. The molecule has 0 aromatic heterocycles. The van der Waals surface area contributed by atoms with Crippen LogP contribution in [0.1, 0.15) is 43.4 Å². The van der Waals surface area contributed by atoms with Crippen LogP contribution in [0, 0.1) is 0 Å². The maximum atomic E-state index is 10.7.